The molecular weight excluding hydrogens is 266 g/mol. The average Bonchev–Trinajstić information content (AvgIpc) is 3.23. The number of piperidine rings is 1. The lowest BCUT2D eigenvalue weighted by Crippen LogP contribution is -2.72. The van der Waals surface area contributed by atoms with Crippen molar-refractivity contribution in [2.75, 3.05) is 13.6 Å². The Morgan fingerprint density at radius 2 is 2.24 bits per heavy atom. The highest BCUT2D eigenvalue weighted by atomic mass is 16.6. The molecule has 1 N–H and O–H groups in total. The van der Waals surface area contributed by atoms with Crippen LogP contribution in [0.2, 0.25) is 0 Å². The minimum atomic E-state index is -0.774. The average molecular weight is 285 g/mol. The van der Waals surface area contributed by atoms with Crippen LogP contribution in [0.5, 0.6) is 11.5 Å². The first kappa shape index (κ1) is 12.2. The zero-order chi connectivity index (χ0) is 14.4. The first-order valence-corrected chi connectivity index (χ1v) is 7.84. The van der Waals surface area contributed by atoms with Crippen LogP contribution < -0.4 is 4.74 Å². The molecule has 2 aliphatic heterocycles. The molecule has 1 saturated carbocycles. The number of likely N-dealkylation sites (N-methyl/N-ethyl adjacent to an activating group) is 1. The standard InChI is InChI=1S/C17H19NO3/c1-18-7-6-16-9-10(19)4-5-17(16,20)14(18)8-11-12(16)2-3-13-15(11)21-13/h2-3,14,20H,4-9H2,1H3/t14-,16-,17?/m1/s1. The van der Waals surface area contributed by atoms with Crippen molar-refractivity contribution < 1.29 is 14.6 Å². The summed E-state index contributed by atoms with van der Waals surface area (Å²) in [6.45, 7) is 0.942. The predicted molar refractivity (Wildman–Crippen MR) is 76.7 cm³/mol. The summed E-state index contributed by atoms with van der Waals surface area (Å²) in [6, 6.07) is 4.20. The molecule has 4 heteroatoms. The number of carbonyl (C=O) groups excluding carboxylic acids is 1. The van der Waals surface area contributed by atoms with Crippen molar-refractivity contribution in [3.63, 3.8) is 0 Å². The monoisotopic (exact) mass is 285 g/mol. The number of hydrogen-bond donors (Lipinski definition) is 1. The molecule has 2 fully saturated rings. The third kappa shape index (κ3) is 1.27. The van der Waals surface area contributed by atoms with Gasteiger partial charge in [0.05, 0.1) is 5.60 Å². The summed E-state index contributed by atoms with van der Waals surface area (Å²) in [6.07, 6.45) is 3.28. The van der Waals surface area contributed by atoms with Crippen LogP contribution in [0.4, 0.5) is 0 Å². The Balaban J connectivity index is 1.79. The Morgan fingerprint density at radius 1 is 1.38 bits per heavy atom. The van der Waals surface area contributed by atoms with Gasteiger partial charge in [-0.05, 0) is 44.5 Å². The van der Waals surface area contributed by atoms with E-state index in [1.165, 1.54) is 11.1 Å². The van der Waals surface area contributed by atoms with Crippen molar-refractivity contribution in [3.8, 4) is 11.5 Å². The predicted octanol–water partition coefficient (Wildman–Crippen LogP) is 1.77. The molecular formula is C17H19NO3. The number of hydrogen-bond acceptors (Lipinski definition) is 4. The lowest BCUT2D eigenvalue weighted by Gasteiger charge is -2.62. The molecule has 2 aliphatic carbocycles. The summed E-state index contributed by atoms with van der Waals surface area (Å²) in [7, 11) is 2.09. The number of ketones is 1. The van der Waals surface area contributed by atoms with E-state index in [1.807, 2.05) is 6.07 Å². The summed E-state index contributed by atoms with van der Waals surface area (Å²) in [4.78, 5) is 14.5. The van der Waals surface area contributed by atoms with Crippen LogP contribution >= 0.6 is 0 Å². The van der Waals surface area contributed by atoms with Gasteiger partial charge in [0.15, 0.2) is 11.5 Å². The number of nitrogens with zero attached hydrogens (tertiary/aromatic N) is 1. The number of aliphatic hydroxyl groups is 1. The van der Waals surface area contributed by atoms with Gasteiger partial charge < -0.3 is 14.7 Å². The first-order chi connectivity index (χ1) is 10.1. The highest BCUT2D eigenvalue weighted by Gasteiger charge is 2.65. The molecule has 1 aromatic rings. The van der Waals surface area contributed by atoms with Crippen molar-refractivity contribution in [2.45, 2.75) is 49.2 Å². The van der Waals surface area contributed by atoms with Gasteiger partial charge in [-0.3, -0.25) is 4.79 Å². The number of fused-ring (bicyclic) bond motifs is 3. The van der Waals surface area contributed by atoms with Gasteiger partial charge in [0, 0.05) is 29.9 Å². The quantitative estimate of drug-likeness (QED) is 0.750. The second-order valence-corrected chi connectivity index (χ2v) is 7.19. The fourth-order valence-electron chi connectivity index (χ4n) is 5.24. The Kier molecular flexibility index (Phi) is 2.03. The van der Waals surface area contributed by atoms with Crippen LogP contribution in [0.3, 0.4) is 0 Å². The minimum Gasteiger partial charge on any atom is -0.449 e. The Labute approximate surface area is 123 Å². The van der Waals surface area contributed by atoms with Gasteiger partial charge in [-0.15, -0.1) is 0 Å². The van der Waals surface area contributed by atoms with Gasteiger partial charge >= 0.3 is 0 Å². The van der Waals surface area contributed by atoms with Crippen molar-refractivity contribution in [2.24, 2.45) is 0 Å². The molecule has 4 aliphatic rings. The molecule has 0 radical (unpaired) electrons. The summed E-state index contributed by atoms with van der Waals surface area (Å²) in [5.41, 5.74) is 1.25. The lowest BCUT2D eigenvalue weighted by molar-refractivity contribution is -0.168. The smallest absolute Gasteiger partial charge is 0.173 e. The molecule has 110 valence electrons. The summed E-state index contributed by atoms with van der Waals surface area (Å²) in [5.74, 6) is 2.27. The third-order valence-corrected chi connectivity index (χ3v) is 6.39. The second kappa shape index (κ2) is 3.50. The fraction of sp³-hybridized carbons (Fsp3) is 0.588. The summed E-state index contributed by atoms with van der Waals surface area (Å²) >= 11 is 0. The molecule has 1 aromatic carbocycles. The highest BCUT2D eigenvalue weighted by Crippen LogP contribution is 2.62. The van der Waals surface area contributed by atoms with Gasteiger partial charge in [-0.2, -0.15) is 0 Å². The van der Waals surface area contributed by atoms with E-state index in [9.17, 15) is 9.90 Å². The zero-order valence-electron chi connectivity index (χ0n) is 12.2. The number of ether oxygens (including phenoxy) is 1. The van der Waals surface area contributed by atoms with Gasteiger partial charge in [-0.25, -0.2) is 0 Å². The normalized spacial score (nSPS) is 39.9. The largest absolute Gasteiger partial charge is 0.449 e. The van der Waals surface area contributed by atoms with Crippen LogP contribution in [-0.4, -0.2) is 41.0 Å². The molecule has 3 atom stereocenters. The molecule has 5 rings (SSSR count). The lowest BCUT2D eigenvalue weighted by atomic mass is 9.49. The maximum Gasteiger partial charge on any atom is 0.173 e. The number of carbonyl (C=O) groups is 1. The second-order valence-electron chi connectivity index (χ2n) is 7.19. The topological polar surface area (TPSA) is 53.1 Å². The molecule has 4 nitrogen and oxygen atoms in total. The zero-order valence-corrected chi connectivity index (χ0v) is 12.2. The maximum atomic E-state index is 12.2. The number of rotatable bonds is 0. The van der Waals surface area contributed by atoms with Crippen LogP contribution in [0.1, 0.15) is 36.8 Å². The van der Waals surface area contributed by atoms with E-state index >= 15 is 0 Å². The molecule has 0 spiro atoms. The number of likely N-dealkylation sites (tertiary alicyclic amines) is 1. The van der Waals surface area contributed by atoms with Crippen LogP contribution in [0.15, 0.2) is 12.1 Å². The van der Waals surface area contributed by atoms with E-state index in [1.54, 1.807) is 0 Å². The van der Waals surface area contributed by atoms with E-state index in [2.05, 4.69) is 18.0 Å². The van der Waals surface area contributed by atoms with E-state index < -0.39 is 11.0 Å². The number of benzene rings is 1. The van der Waals surface area contributed by atoms with Crippen molar-refractivity contribution in [1.29, 1.82) is 0 Å². The molecule has 0 aromatic heterocycles. The van der Waals surface area contributed by atoms with E-state index in [0.717, 1.165) is 30.9 Å². The van der Waals surface area contributed by atoms with E-state index in [4.69, 9.17) is 4.74 Å². The van der Waals surface area contributed by atoms with Crippen LogP contribution in [-0.2, 0) is 16.6 Å². The Hall–Kier alpha value is -1.39. The van der Waals surface area contributed by atoms with E-state index in [0.29, 0.717) is 25.0 Å². The SMILES string of the molecule is CN1CC[C@]23CC(=O)CCC2(O)[C@H]1Cc1c3ccc2c1O2. The summed E-state index contributed by atoms with van der Waals surface area (Å²) in [5, 5.41) is 11.6. The highest BCUT2D eigenvalue weighted by molar-refractivity contribution is 5.83. The maximum absolute atomic E-state index is 12.2. The first-order valence-electron chi connectivity index (χ1n) is 7.84. The van der Waals surface area contributed by atoms with Gasteiger partial charge in [0.25, 0.3) is 0 Å². The molecule has 2 bridgehead atoms. The van der Waals surface area contributed by atoms with Gasteiger partial charge in [-0.1, -0.05) is 6.07 Å². The van der Waals surface area contributed by atoms with Crippen LogP contribution in [0.25, 0.3) is 0 Å². The number of Topliss-reactive ketones (excluding diaryl/α,β-unsaturated/α-hetero) is 1. The Morgan fingerprint density at radius 3 is 3.10 bits per heavy atom. The molecule has 2 heterocycles. The van der Waals surface area contributed by atoms with Crippen molar-refractivity contribution in [3.05, 3.63) is 23.3 Å². The minimum absolute atomic E-state index is 0.0996. The third-order valence-electron chi connectivity index (χ3n) is 6.39. The van der Waals surface area contributed by atoms with Crippen molar-refractivity contribution in [1.82, 2.24) is 4.90 Å². The van der Waals surface area contributed by atoms with Gasteiger partial charge in [0.1, 0.15) is 5.78 Å². The van der Waals surface area contributed by atoms with Crippen LogP contribution in [0, 0.1) is 0 Å². The van der Waals surface area contributed by atoms with Gasteiger partial charge in [0.2, 0.25) is 0 Å². The molecule has 21 heavy (non-hydrogen) atoms. The molecule has 1 unspecified atom stereocenters. The fourth-order valence-corrected chi connectivity index (χ4v) is 5.24. The van der Waals surface area contributed by atoms with E-state index in [-0.39, 0.29) is 6.04 Å². The Bertz CT molecular complexity index is 685. The van der Waals surface area contributed by atoms with Crippen molar-refractivity contribution >= 4 is 5.78 Å². The summed E-state index contributed by atoms with van der Waals surface area (Å²) < 4.78 is 5.59. The molecule has 1 saturated heterocycles. The molecule has 0 amide bonds.